The Kier molecular flexibility index (Phi) is 5.36. The summed E-state index contributed by atoms with van der Waals surface area (Å²) in [5.41, 5.74) is 1.46. The summed E-state index contributed by atoms with van der Waals surface area (Å²) < 4.78 is 23.8. The Hall–Kier alpha value is -2.61. The Labute approximate surface area is 159 Å². The zero-order valence-corrected chi connectivity index (χ0v) is 16.2. The smallest absolute Gasteiger partial charge is 0.311 e. The fourth-order valence-corrected chi connectivity index (χ4v) is 4.17. The molecule has 0 atom stereocenters. The van der Waals surface area contributed by atoms with Crippen LogP contribution in [0.5, 0.6) is 0 Å². The highest BCUT2D eigenvalue weighted by Crippen LogP contribution is 2.35. The average molecular weight is 389 g/mol. The molecule has 1 aliphatic heterocycles. The molecule has 1 aliphatic rings. The zero-order valence-electron chi connectivity index (χ0n) is 15.4. The lowest BCUT2D eigenvalue weighted by Crippen LogP contribution is -2.32. The van der Waals surface area contributed by atoms with E-state index in [2.05, 4.69) is 17.1 Å². The van der Waals surface area contributed by atoms with E-state index in [9.17, 15) is 18.5 Å². The van der Waals surface area contributed by atoms with Crippen LogP contribution in [-0.2, 0) is 9.84 Å². The molecule has 0 radical (unpaired) electrons. The molecule has 2 aromatic rings. The number of piperidine rings is 1. The van der Waals surface area contributed by atoms with Gasteiger partial charge in [-0.25, -0.2) is 8.42 Å². The molecule has 0 saturated carbocycles. The second-order valence-electron chi connectivity index (χ2n) is 7.03. The molecule has 0 amide bonds. The molecule has 0 aliphatic carbocycles. The lowest BCUT2D eigenvalue weighted by atomic mass is 9.99. The van der Waals surface area contributed by atoms with Gasteiger partial charge in [-0.15, -0.1) is 0 Å². The van der Waals surface area contributed by atoms with Gasteiger partial charge in [0.25, 0.3) is 0 Å². The number of hydrogen-bond acceptors (Lipinski definition) is 6. The summed E-state index contributed by atoms with van der Waals surface area (Å²) in [6, 6.07) is 11.9. The summed E-state index contributed by atoms with van der Waals surface area (Å²) in [6.45, 7) is 4.21. The fraction of sp³-hybridized carbons (Fsp3) is 0.368. The van der Waals surface area contributed by atoms with Gasteiger partial charge in [-0.2, -0.15) is 0 Å². The average Bonchev–Trinajstić information content (AvgIpc) is 2.61. The molecule has 0 aromatic heterocycles. The third kappa shape index (κ3) is 4.39. The van der Waals surface area contributed by atoms with E-state index in [-0.39, 0.29) is 10.6 Å². The highest BCUT2D eigenvalue weighted by Gasteiger charge is 2.26. The van der Waals surface area contributed by atoms with E-state index in [4.69, 9.17) is 0 Å². The van der Waals surface area contributed by atoms with Crippen LogP contribution in [0.2, 0.25) is 0 Å². The third-order valence-corrected chi connectivity index (χ3v) is 5.98. The van der Waals surface area contributed by atoms with Crippen LogP contribution >= 0.6 is 0 Å². The quantitative estimate of drug-likeness (QED) is 0.614. The molecule has 7 nitrogen and oxygen atoms in total. The number of nitrogens with zero attached hydrogens (tertiary/aromatic N) is 2. The first-order chi connectivity index (χ1) is 12.8. The highest BCUT2D eigenvalue weighted by molar-refractivity contribution is 7.90. The van der Waals surface area contributed by atoms with Gasteiger partial charge in [0.1, 0.15) is 10.6 Å². The van der Waals surface area contributed by atoms with E-state index in [1.807, 2.05) is 24.3 Å². The molecule has 144 valence electrons. The van der Waals surface area contributed by atoms with E-state index in [0.29, 0.717) is 5.69 Å². The maximum atomic E-state index is 11.9. The number of nitro groups is 1. The van der Waals surface area contributed by atoms with Crippen LogP contribution in [0.1, 0.15) is 19.8 Å². The van der Waals surface area contributed by atoms with Crippen molar-refractivity contribution in [1.82, 2.24) is 0 Å². The van der Waals surface area contributed by atoms with Crippen molar-refractivity contribution in [1.29, 1.82) is 0 Å². The first-order valence-corrected chi connectivity index (χ1v) is 10.7. The minimum absolute atomic E-state index is 0.160. The molecular weight excluding hydrogens is 366 g/mol. The Bertz CT molecular complexity index is 951. The fourth-order valence-electron chi connectivity index (χ4n) is 3.31. The molecule has 3 rings (SSSR count). The van der Waals surface area contributed by atoms with Crippen molar-refractivity contribution >= 4 is 32.6 Å². The van der Waals surface area contributed by atoms with Crippen molar-refractivity contribution < 1.29 is 13.3 Å². The van der Waals surface area contributed by atoms with Crippen molar-refractivity contribution in [3.63, 3.8) is 0 Å². The van der Waals surface area contributed by atoms with Crippen molar-refractivity contribution in [2.75, 3.05) is 29.6 Å². The molecule has 1 heterocycles. The van der Waals surface area contributed by atoms with E-state index in [0.717, 1.165) is 43.8 Å². The lowest BCUT2D eigenvalue weighted by molar-refractivity contribution is -0.386. The van der Waals surface area contributed by atoms with Gasteiger partial charge in [-0.05, 0) is 49.1 Å². The van der Waals surface area contributed by atoms with Crippen LogP contribution in [0.15, 0.2) is 47.4 Å². The third-order valence-electron chi connectivity index (χ3n) is 4.85. The summed E-state index contributed by atoms with van der Waals surface area (Å²) in [4.78, 5) is 12.9. The largest absolute Gasteiger partial charge is 0.371 e. The summed E-state index contributed by atoms with van der Waals surface area (Å²) in [6.07, 6.45) is 3.25. The summed E-state index contributed by atoms with van der Waals surface area (Å²) >= 11 is 0. The van der Waals surface area contributed by atoms with Crippen LogP contribution in [0.25, 0.3) is 0 Å². The monoisotopic (exact) mass is 389 g/mol. The van der Waals surface area contributed by atoms with Crippen molar-refractivity contribution in [3.8, 4) is 0 Å². The Morgan fingerprint density at radius 3 is 2.44 bits per heavy atom. The number of benzene rings is 2. The normalized spacial score (nSPS) is 15.6. The SMILES string of the molecule is CC1CCN(c2cccc(Nc3cccc(S(C)(=O)=O)c3[N+](=O)[O-])c2)CC1. The minimum atomic E-state index is -3.71. The van der Waals surface area contributed by atoms with Crippen LogP contribution < -0.4 is 10.2 Å². The second kappa shape index (κ2) is 7.56. The molecular formula is C19H23N3O4S. The Balaban J connectivity index is 1.92. The number of sulfone groups is 1. The molecule has 1 fully saturated rings. The second-order valence-corrected chi connectivity index (χ2v) is 9.01. The maximum Gasteiger partial charge on any atom is 0.311 e. The van der Waals surface area contributed by atoms with Gasteiger partial charge in [0.15, 0.2) is 9.84 Å². The van der Waals surface area contributed by atoms with Gasteiger partial charge in [-0.1, -0.05) is 19.1 Å². The van der Waals surface area contributed by atoms with Crippen LogP contribution in [0, 0.1) is 16.0 Å². The molecule has 0 bridgehead atoms. The molecule has 0 unspecified atom stereocenters. The number of anilines is 3. The van der Waals surface area contributed by atoms with Gasteiger partial charge in [0.05, 0.1) is 4.92 Å². The molecule has 1 saturated heterocycles. The predicted molar refractivity (Wildman–Crippen MR) is 107 cm³/mol. The zero-order chi connectivity index (χ0) is 19.6. The van der Waals surface area contributed by atoms with Crippen molar-refractivity contribution in [2.24, 2.45) is 5.92 Å². The summed E-state index contributed by atoms with van der Waals surface area (Å²) in [7, 11) is -3.71. The lowest BCUT2D eigenvalue weighted by Gasteiger charge is -2.32. The predicted octanol–water partition coefficient (Wildman–Crippen LogP) is 3.98. The summed E-state index contributed by atoms with van der Waals surface area (Å²) in [5, 5.41) is 14.5. The molecule has 1 N–H and O–H groups in total. The van der Waals surface area contributed by atoms with Crippen LogP contribution in [0.4, 0.5) is 22.7 Å². The van der Waals surface area contributed by atoms with E-state index < -0.39 is 20.4 Å². The van der Waals surface area contributed by atoms with Crippen molar-refractivity contribution in [3.05, 3.63) is 52.6 Å². The van der Waals surface area contributed by atoms with E-state index in [1.54, 1.807) is 0 Å². The Morgan fingerprint density at radius 1 is 1.15 bits per heavy atom. The molecule has 2 aromatic carbocycles. The van der Waals surface area contributed by atoms with Crippen LogP contribution in [0.3, 0.4) is 0 Å². The van der Waals surface area contributed by atoms with E-state index in [1.165, 1.54) is 18.2 Å². The topological polar surface area (TPSA) is 92.6 Å². The van der Waals surface area contributed by atoms with Gasteiger partial charge in [-0.3, -0.25) is 10.1 Å². The van der Waals surface area contributed by atoms with Gasteiger partial charge in [0.2, 0.25) is 0 Å². The number of hydrogen-bond donors (Lipinski definition) is 1. The van der Waals surface area contributed by atoms with Gasteiger partial charge < -0.3 is 10.2 Å². The molecule has 27 heavy (non-hydrogen) atoms. The maximum absolute atomic E-state index is 11.9. The Morgan fingerprint density at radius 2 is 1.81 bits per heavy atom. The number of rotatable bonds is 5. The van der Waals surface area contributed by atoms with Crippen molar-refractivity contribution in [2.45, 2.75) is 24.7 Å². The summed E-state index contributed by atoms with van der Waals surface area (Å²) in [5.74, 6) is 0.726. The number of para-hydroxylation sites is 1. The van der Waals surface area contributed by atoms with Gasteiger partial charge in [0, 0.05) is 30.7 Å². The first-order valence-electron chi connectivity index (χ1n) is 8.85. The molecule has 8 heteroatoms. The van der Waals surface area contributed by atoms with Crippen LogP contribution in [-0.4, -0.2) is 32.7 Å². The molecule has 0 spiro atoms. The van der Waals surface area contributed by atoms with Gasteiger partial charge >= 0.3 is 5.69 Å². The minimum Gasteiger partial charge on any atom is -0.371 e. The first kappa shape index (κ1) is 19.2. The number of nitrogens with one attached hydrogen (secondary N) is 1. The highest BCUT2D eigenvalue weighted by atomic mass is 32.2. The number of nitro benzene ring substituents is 1. The van der Waals surface area contributed by atoms with E-state index >= 15 is 0 Å². The standard InChI is InChI=1S/C19H23N3O4S/c1-14-9-11-21(12-10-14)16-6-3-5-15(13-16)20-17-7-4-8-18(27(2,25)26)19(17)22(23)24/h3-8,13-14,20H,9-12H2,1-2H3.